The zero-order valence-electron chi connectivity index (χ0n) is 12.8. The zero-order chi connectivity index (χ0) is 15.7. The largest absolute Gasteiger partial charge is 0.261 e. The van der Waals surface area contributed by atoms with Gasteiger partial charge < -0.3 is 0 Å². The lowest BCUT2D eigenvalue weighted by Gasteiger charge is -2.07. The molecule has 0 radical (unpaired) electrons. The molecule has 0 aliphatic heterocycles. The lowest BCUT2D eigenvalue weighted by molar-refractivity contribution is 0.787. The number of benzene rings is 3. The topological polar surface area (TPSA) is 24.7 Å². The summed E-state index contributed by atoms with van der Waals surface area (Å²) < 4.78 is 0. The van der Waals surface area contributed by atoms with Gasteiger partial charge in [-0.2, -0.15) is 0 Å². The minimum Gasteiger partial charge on any atom is -0.261 e. The van der Waals surface area contributed by atoms with E-state index in [4.69, 9.17) is 0 Å². The molecule has 2 nitrogen and oxygen atoms in total. The van der Waals surface area contributed by atoms with Gasteiger partial charge in [0.25, 0.3) is 0 Å². The molecular weight excluding hydrogens is 280 g/mol. The summed E-state index contributed by atoms with van der Waals surface area (Å²) in [4.78, 5) is 9.31. The Morgan fingerprint density at radius 2 is 0.913 bits per heavy atom. The predicted molar refractivity (Wildman–Crippen MR) is 97.3 cm³/mol. The zero-order valence-corrected chi connectivity index (χ0v) is 12.8. The first kappa shape index (κ1) is 14.9. The van der Waals surface area contributed by atoms with Crippen molar-refractivity contribution in [2.75, 3.05) is 0 Å². The maximum absolute atomic E-state index is 4.66. The van der Waals surface area contributed by atoms with Crippen LogP contribution >= 0.6 is 0 Å². The van der Waals surface area contributed by atoms with Gasteiger partial charge in [-0.15, -0.1) is 0 Å². The van der Waals surface area contributed by atoms with Crippen LogP contribution in [0.5, 0.6) is 0 Å². The van der Waals surface area contributed by atoms with E-state index in [1.807, 2.05) is 91.3 Å². The van der Waals surface area contributed by atoms with Gasteiger partial charge in [-0.3, -0.25) is 9.98 Å². The summed E-state index contributed by atoms with van der Waals surface area (Å²) in [5.74, 6) is 0. The third kappa shape index (κ3) is 4.48. The standard InChI is InChI=1S/C21H18N2/c1-4-10-18(11-5-1)16-22-21(20-14-8-3-9-15-20)23-17-19-12-6-2-7-13-19/h1-17,21H. The molecule has 0 heterocycles. The van der Waals surface area contributed by atoms with Crippen molar-refractivity contribution in [2.45, 2.75) is 6.17 Å². The van der Waals surface area contributed by atoms with E-state index in [2.05, 4.69) is 22.1 Å². The minimum absolute atomic E-state index is 0.239. The fourth-order valence-corrected chi connectivity index (χ4v) is 2.23. The molecule has 0 aromatic heterocycles. The van der Waals surface area contributed by atoms with E-state index in [0.717, 1.165) is 16.7 Å². The van der Waals surface area contributed by atoms with E-state index >= 15 is 0 Å². The van der Waals surface area contributed by atoms with E-state index in [0.29, 0.717) is 0 Å². The molecule has 0 unspecified atom stereocenters. The number of nitrogens with zero attached hydrogens (tertiary/aromatic N) is 2. The Kier molecular flexibility index (Phi) is 5.09. The summed E-state index contributed by atoms with van der Waals surface area (Å²) in [5.41, 5.74) is 3.22. The maximum atomic E-state index is 4.66. The van der Waals surface area contributed by atoms with Crippen LogP contribution in [0.4, 0.5) is 0 Å². The van der Waals surface area contributed by atoms with Gasteiger partial charge in [-0.25, -0.2) is 0 Å². The Morgan fingerprint density at radius 1 is 0.522 bits per heavy atom. The number of rotatable bonds is 5. The molecule has 0 aliphatic carbocycles. The first-order valence-electron chi connectivity index (χ1n) is 7.63. The van der Waals surface area contributed by atoms with E-state index in [1.165, 1.54) is 0 Å². The van der Waals surface area contributed by atoms with Gasteiger partial charge in [0, 0.05) is 12.4 Å². The molecule has 0 spiro atoms. The van der Waals surface area contributed by atoms with Gasteiger partial charge >= 0.3 is 0 Å². The summed E-state index contributed by atoms with van der Waals surface area (Å²) in [6, 6.07) is 30.3. The highest BCUT2D eigenvalue weighted by molar-refractivity contribution is 5.81. The highest BCUT2D eigenvalue weighted by atomic mass is 15.0. The van der Waals surface area contributed by atoms with Crippen LogP contribution in [0.3, 0.4) is 0 Å². The second-order valence-electron chi connectivity index (χ2n) is 5.16. The monoisotopic (exact) mass is 298 g/mol. The first-order chi connectivity index (χ1) is 11.4. The number of hydrogen-bond donors (Lipinski definition) is 0. The summed E-state index contributed by atoms with van der Waals surface area (Å²) in [6.07, 6.45) is 3.51. The van der Waals surface area contributed by atoms with E-state index < -0.39 is 0 Å². The first-order valence-corrected chi connectivity index (χ1v) is 7.63. The van der Waals surface area contributed by atoms with Crippen LogP contribution in [-0.4, -0.2) is 12.4 Å². The fraction of sp³-hybridized carbons (Fsp3) is 0.0476. The summed E-state index contributed by atoms with van der Waals surface area (Å²) in [6.45, 7) is 0. The molecule has 0 atom stereocenters. The molecule has 0 bridgehead atoms. The molecule has 0 amide bonds. The molecule has 23 heavy (non-hydrogen) atoms. The van der Waals surface area contributed by atoms with Gasteiger partial charge in [0.15, 0.2) is 6.17 Å². The van der Waals surface area contributed by atoms with Crippen LogP contribution in [-0.2, 0) is 0 Å². The number of hydrogen-bond acceptors (Lipinski definition) is 2. The highest BCUT2D eigenvalue weighted by Crippen LogP contribution is 2.18. The predicted octanol–water partition coefficient (Wildman–Crippen LogP) is 4.92. The van der Waals surface area contributed by atoms with Crippen LogP contribution in [0.25, 0.3) is 0 Å². The van der Waals surface area contributed by atoms with Gasteiger partial charge in [0.1, 0.15) is 0 Å². The summed E-state index contributed by atoms with van der Waals surface area (Å²) in [7, 11) is 0. The maximum Gasteiger partial charge on any atom is 0.165 e. The Balaban J connectivity index is 1.85. The Hall–Kier alpha value is -3.00. The SMILES string of the molecule is C(=NC(N=Cc1ccccc1)c1ccccc1)c1ccccc1. The van der Waals surface area contributed by atoms with Crippen molar-refractivity contribution in [2.24, 2.45) is 9.98 Å². The molecule has 0 N–H and O–H groups in total. The summed E-state index contributed by atoms with van der Waals surface area (Å²) >= 11 is 0. The van der Waals surface area contributed by atoms with Crippen molar-refractivity contribution in [3.8, 4) is 0 Å². The second-order valence-corrected chi connectivity index (χ2v) is 5.16. The van der Waals surface area contributed by atoms with Crippen LogP contribution in [0.1, 0.15) is 22.9 Å². The Bertz CT molecular complexity index is 713. The van der Waals surface area contributed by atoms with Crippen molar-refractivity contribution in [1.82, 2.24) is 0 Å². The molecular formula is C21H18N2. The van der Waals surface area contributed by atoms with Crippen LogP contribution in [0, 0.1) is 0 Å². The van der Waals surface area contributed by atoms with Gasteiger partial charge in [0.2, 0.25) is 0 Å². The molecule has 0 saturated heterocycles. The van der Waals surface area contributed by atoms with E-state index in [9.17, 15) is 0 Å². The van der Waals surface area contributed by atoms with Crippen LogP contribution in [0.15, 0.2) is 101 Å². The fourth-order valence-electron chi connectivity index (χ4n) is 2.23. The van der Waals surface area contributed by atoms with Gasteiger partial charge in [-0.1, -0.05) is 91.0 Å². The van der Waals surface area contributed by atoms with E-state index in [1.54, 1.807) is 0 Å². The third-order valence-electron chi connectivity index (χ3n) is 3.43. The average Bonchev–Trinajstić information content (AvgIpc) is 2.64. The molecule has 0 aliphatic rings. The van der Waals surface area contributed by atoms with Crippen molar-refractivity contribution in [3.05, 3.63) is 108 Å². The van der Waals surface area contributed by atoms with Gasteiger partial charge in [-0.05, 0) is 16.7 Å². The van der Waals surface area contributed by atoms with Crippen LogP contribution in [0.2, 0.25) is 0 Å². The normalized spacial score (nSPS) is 12.7. The lowest BCUT2D eigenvalue weighted by atomic mass is 10.1. The Labute approximate surface area is 136 Å². The average molecular weight is 298 g/mol. The Morgan fingerprint density at radius 3 is 1.35 bits per heavy atom. The minimum atomic E-state index is -0.239. The molecule has 112 valence electrons. The highest BCUT2D eigenvalue weighted by Gasteiger charge is 2.05. The lowest BCUT2D eigenvalue weighted by Crippen LogP contribution is -1.94. The molecule has 0 fully saturated rings. The van der Waals surface area contributed by atoms with Crippen molar-refractivity contribution in [3.63, 3.8) is 0 Å². The van der Waals surface area contributed by atoms with Crippen LogP contribution < -0.4 is 0 Å². The molecule has 3 aromatic carbocycles. The van der Waals surface area contributed by atoms with Crippen molar-refractivity contribution >= 4 is 12.4 Å². The second kappa shape index (κ2) is 7.85. The third-order valence-corrected chi connectivity index (χ3v) is 3.43. The molecule has 0 saturated carbocycles. The van der Waals surface area contributed by atoms with Crippen molar-refractivity contribution in [1.29, 1.82) is 0 Å². The van der Waals surface area contributed by atoms with E-state index in [-0.39, 0.29) is 6.17 Å². The quantitative estimate of drug-likeness (QED) is 0.597. The molecule has 2 heteroatoms. The van der Waals surface area contributed by atoms with Crippen molar-refractivity contribution < 1.29 is 0 Å². The number of aliphatic imine (C=N–C) groups is 2. The smallest absolute Gasteiger partial charge is 0.165 e. The molecule has 3 rings (SSSR count). The summed E-state index contributed by atoms with van der Waals surface area (Å²) in [5, 5.41) is 0. The van der Waals surface area contributed by atoms with Gasteiger partial charge in [0.05, 0.1) is 0 Å². The molecule has 3 aromatic rings.